The maximum Gasteiger partial charge on any atom is 0.168 e. The van der Waals surface area contributed by atoms with Crippen LogP contribution in [0.2, 0.25) is 0 Å². The van der Waals surface area contributed by atoms with E-state index in [1.54, 1.807) is 7.11 Å². The summed E-state index contributed by atoms with van der Waals surface area (Å²) in [6, 6.07) is 21.5. The first-order chi connectivity index (χ1) is 16.2. The predicted molar refractivity (Wildman–Crippen MR) is 132 cm³/mol. The van der Waals surface area contributed by atoms with Crippen molar-refractivity contribution in [3.8, 4) is 16.9 Å². The summed E-state index contributed by atoms with van der Waals surface area (Å²) in [6.07, 6.45) is 3.61. The van der Waals surface area contributed by atoms with E-state index in [0.717, 1.165) is 62.5 Å². The Morgan fingerprint density at radius 2 is 1.67 bits per heavy atom. The summed E-state index contributed by atoms with van der Waals surface area (Å²) in [5, 5.41) is 8.66. The Morgan fingerprint density at radius 1 is 0.879 bits per heavy atom. The highest BCUT2D eigenvalue weighted by Crippen LogP contribution is 2.26. The van der Waals surface area contributed by atoms with Crippen molar-refractivity contribution in [2.24, 2.45) is 0 Å². The van der Waals surface area contributed by atoms with Gasteiger partial charge in [-0.05, 0) is 54.8 Å². The number of methoxy groups -OCH3 is 1. The predicted octanol–water partition coefficient (Wildman–Crippen LogP) is 3.94. The van der Waals surface area contributed by atoms with Gasteiger partial charge in [-0.15, -0.1) is 10.2 Å². The van der Waals surface area contributed by atoms with Gasteiger partial charge < -0.3 is 9.64 Å². The Hall–Kier alpha value is -3.22. The van der Waals surface area contributed by atoms with Crippen LogP contribution in [0.4, 0.5) is 0 Å². The molecule has 5 rings (SSSR count). The lowest BCUT2D eigenvalue weighted by Gasteiger charge is -2.32. The maximum atomic E-state index is 5.51. The molecular weight excluding hydrogens is 410 g/mol. The van der Waals surface area contributed by atoms with E-state index in [0.29, 0.717) is 0 Å². The van der Waals surface area contributed by atoms with E-state index in [4.69, 9.17) is 4.74 Å². The molecule has 3 heterocycles. The van der Waals surface area contributed by atoms with Gasteiger partial charge in [0, 0.05) is 44.0 Å². The zero-order valence-electron chi connectivity index (χ0n) is 19.4. The van der Waals surface area contributed by atoms with Crippen LogP contribution >= 0.6 is 0 Å². The van der Waals surface area contributed by atoms with Crippen LogP contribution in [0.3, 0.4) is 0 Å². The number of benzene rings is 2. The van der Waals surface area contributed by atoms with Gasteiger partial charge in [-0.3, -0.25) is 9.30 Å². The molecule has 2 aromatic heterocycles. The third kappa shape index (κ3) is 4.77. The first-order valence-corrected chi connectivity index (χ1v) is 11.6. The first-order valence-electron chi connectivity index (χ1n) is 11.6. The van der Waals surface area contributed by atoms with E-state index >= 15 is 0 Å². The lowest BCUT2D eigenvalue weighted by molar-refractivity contribution is 0.148. The second kappa shape index (κ2) is 9.73. The largest absolute Gasteiger partial charge is 0.496 e. The number of ether oxygens (including phenoxy) is 1. The molecule has 0 atom stereocenters. The lowest BCUT2D eigenvalue weighted by Crippen LogP contribution is -2.43. The quantitative estimate of drug-likeness (QED) is 0.435. The zero-order valence-corrected chi connectivity index (χ0v) is 19.4. The Balaban J connectivity index is 1.33. The molecule has 170 valence electrons. The molecule has 1 fully saturated rings. The van der Waals surface area contributed by atoms with E-state index in [9.17, 15) is 0 Å². The molecule has 0 N–H and O–H groups in total. The van der Waals surface area contributed by atoms with Gasteiger partial charge in [-0.25, -0.2) is 0 Å². The summed E-state index contributed by atoms with van der Waals surface area (Å²) in [5.41, 5.74) is 6.94. The number of rotatable bonds is 7. The normalized spacial score (nSPS) is 15.2. The summed E-state index contributed by atoms with van der Waals surface area (Å²) >= 11 is 0. The van der Waals surface area contributed by atoms with Gasteiger partial charge >= 0.3 is 0 Å². The SMILES string of the molecule is COc1ccccc1CCc1ccc(-c2ccc(CN3CCN(C)CC3)cc2)c2nncn12. The van der Waals surface area contributed by atoms with E-state index < -0.39 is 0 Å². The van der Waals surface area contributed by atoms with Crippen molar-refractivity contribution in [1.82, 2.24) is 24.4 Å². The number of hydrogen-bond donors (Lipinski definition) is 0. The van der Waals surface area contributed by atoms with E-state index in [2.05, 4.69) is 80.0 Å². The zero-order chi connectivity index (χ0) is 22.6. The fraction of sp³-hybridized carbons (Fsp3) is 0.333. The van der Waals surface area contributed by atoms with Gasteiger partial charge in [0.15, 0.2) is 5.65 Å². The average molecular weight is 442 g/mol. The van der Waals surface area contributed by atoms with Gasteiger partial charge in [-0.1, -0.05) is 42.5 Å². The van der Waals surface area contributed by atoms with Crippen LogP contribution < -0.4 is 4.74 Å². The van der Waals surface area contributed by atoms with Crippen LogP contribution in [0.5, 0.6) is 5.75 Å². The molecule has 0 unspecified atom stereocenters. The Morgan fingerprint density at radius 3 is 2.45 bits per heavy atom. The monoisotopic (exact) mass is 441 g/mol. The van der Waals surface area contributed by atoms with Crippen molar-refractivity contribution in [3.63, 3.8) is 0 Å². The van der Waals surface area contributed by atoms with Crippen LogP contribution in [-0.4, -0.2) is 64.7 Å². The number of para-hydroxylation sites is 1. The molecule has 0 radical (unpaired) electrons. The molecule has 0 aliphatic carbocycles. The molecular formula is C27H31N5O. The van der Waals surface area contributed by atoms with Crippen LogP contribution in [0.15, 0.2) is 67.0 Å². The van der Waals surface area contributed by atoms with Crippen LogP contribution in [0.1, 0.15) is 16.8 Å². The fourth-order valence-corrected chi connectivity index (χ4v) is 4.62. The second-order valence-electron chi connectivity index (χ2n) is 8.85. The Kier molecular flexibility index (Phi) is 6.37. The highest BCUT2D eigenvalue weighted by molar-refractivity contribution is 5.77. The topological polar surface area (TPSA) is 45.9 Å². The molecule has 1 aliphatic heterocycles. The summed E-state index contributed by atoms with van der Waals surface area (Å²) < 4.78 is 7.62. The van der Waals surface area contributed by atoms with Gasteiger partial charge in [-0.2, -0.15) is 0 Å². The number of pyridine rings is 1. The highest BCUT2D eigenvalue weighted by atomic mass is 16.5. The number of fused-ring (bicyclic) bond motifs is 1. The van der Waals surface area contributed by atoms with Gasteiger partial charge in [0.25, 0.3) is 0 Å². The average Bonchev–Trinajstić information content (AvgIpc) is 3.35. The first kappa shape index (κ1) is 21.6. The minimum absolute atomic E-state index is 0.888. The molecule has 0 bridgehead atoms. The van der Waals surface area contributed by atoms with Crippen molar-refractivity contribution in [3.05, 3.63) is 83.8 Å². The highest BCUT2D eigenvalue weighted by Gasteiger charge is 2.15. The molecule has 33 heavy (non-hydrogen) atoms. The fourth-order valence-electron chi connectivity index (χ4n) is 4.62. The molecule has 2 aromatic carbocycles. The number of piperazine rings is 1. The van der Waals surface area contributed by atoms with Gasteiger partial charge in [0.1, 0.15) is 12.1 Å². The molecule has 6 heteroatoms. The summed E-state index contributed by atoms with van der Waals surface area (Å²) in [7, 11) is 3.92. The molecule has 0 saturated carbocycles. The Labute approximate surface area is 195 Å². The third-order valence-electron chi connectivity index (χ3n) is 6.65. The maximum absolute atomic E-state index is 5.51. The van der Waals surface area contributed by atoms with Crippen molar-refractivity contribution in [2.75, 3.05) is 40.3 Å². The van der Waals surface area contributed by atoms with E-state index in [-0.39, 0.29) is 0 Å². The molecule has 6 nitrogen and oxygen atoms in total. The number of aryl methyl sites for hydroxylation is 2. The summed E-state index contributed by atoms with van der Waals surface area (Å²) in [4.78, 5) is 4.92. The minimum atomic E-state index is 0.888. The lowest BCUT2D eigenvalue weighted by atomic mass is 10.0. The van der Waals surface area contributed by atoms with Crippen LogP contribution in [0.25, 0.3) is 16.8 Å². The number of hydrogen-bond acceptors (Lipinski definition) is 5. The second-order valence-corrected chi connectivity index (χ2v) is 8.85. The molecule has 0 amide bonds. The standard InChI is InChI=1S/C27H31N5O/c1-30-15-17-31(18-16-30)19-21-7-9-22(10-8-21)25-14-13-24(32-20-28-29-27(25)32)12-11-23-5-3-4-6-26(23)33-2/h3-10,13-14,20H,11-12,15-19H2,1-2H3. The smallest absolute Gasteiger partial charge is 0.168 e. The van der Waals surface area contributed by atoms with Gasteiger partial charge in [0.2, 0.25) is 0 Å². The third-order valence-corrected chi connectivity index (χ3v) is 6.65. The summed E-state index contributed by atoms with van der Waals surface area (Å²) in [6.45, 7) is 5.57. The van der Waals surface area contributed by atoms with Crippen LogP contribution in [-0.2, 0) is 19.4 Å². The number of likely N-dealkylation sites (N-methyl/N-ethyl adjacent to an activating group) is 1. The molecule has 1 aliphatic rings. The Bertz CT molecular complexity index is 1210. The van der Waals surface area contributed by atoms with Crippen molar-refractivity contribution in [1.29, 1.82) is 0 Å². The van der Waals surface area contributed by atoms with Crippen LogP contribution in [0, 0.1) is 0 Å². The number of aromatic nitrogens is 3. The molecule has 4 aromatic rings. The summed E-state index contributed by atoms with van der Waals surface area (Å²) in [5.74, 6) is 0.936. The van der Waals surface area contributed by atoms with Crippen molar-refractivity contribution >= 4 is 5.65 Å². The van der Waals surface area contributed by atoms with Crippen molar-refractivity contribution in [2.45, 2.75) is 19.4 Å². The van der Waals surface area contributed by atoms with Gasteiger partial charge in [0.05, 0.1) is 7.11 Å². The van der Waals surface area contributed by atoms with E-state index in [1.165, 1.54) is 22.4 Å². The molecule has 0 spiro atoms. The van der Waals surface area contributed by atoms with Crippen molar-refractivity contribution < 1.29 is 4.74 Å². The van der Waals surface area contributed by atoms with E-state index in [1.807, 2.05) is 18.5 Å². The number of nitrogens with zero attached hydrogens (tertiary/aromatic N) is 5. The minimum Gasteiger partial charge on any atom is -0.496 e. The molecule has 1 saturated heterocycles.